The Hall–Kier alpha value is -1.75. The number of hydrogen-bond acceptors (Lipinski definition) is 5. The molecule has 1 aliphatic carbocycles. The van der Waals surface area contributed by atoms with Gasteiger partial charge in [0.2, 0.25) is 0 Å². The van der Waals surface area contributed by atoms with E-state index in [-0.39, 0.29) is 11.9 Å². The van der Waals surface area contributed by atoms with Crippen molar-refractivity contribution in [3.63, 3.8) is 0 Å². The molecule has 3 atom stereocenters. The minimum atomic E-state index is -0.541. The van der Waals surface area contributed by atoms with Gasteiger partial charge in [0.1, 0.15) is 6.10 Å². The zero-order valence-corrected chi connectivity index (χ0v) is 9.83. The van der Waals surface area contributed by atoms with Crippen molar-refractivity contribution in [1.29, 1.82) is 0 Å². The number of nitrogens with zero attached hydrogens (tertiary/aromatic N) is 3. The number of hydrogen-bond donors (Lipinski definition) is 0. The van der Waals surface area contributed by atoms with E-state index in [2.05, 4.69) is 14.8 Å². The smallest absolute Gasteiger partial charge is 0.308 e. The van der Waals surface area contributed by atoms with E-state index in [1.807, 2.05) is 0 Å². The topological polar surface area (TPSA) is 101 Å². The average Bonchev–Trinajstić information content (AvgIpc) is 2.30. The first-order valence-electron chi connectivity index (χ1n) is 5.37. The van der Waals surface area contributed by atoms with E-state index in [1.54, 1.807) is 0 Å². The number of rotatable bonds is 3. The highest BCUT2D eigenvalue weighted by Crippen LogP contribution is 2.29. The highest BCUT2D eigenvalue weighted by atomic mass is 16.5. The van der Waals surface area contributed by atoms with Gasteiger partial charge in [-0.05, 0) is 24.8 Å². The molecule has 0 N–H and O–H groups in total. The molecule has 0 spiro atoms. The van der Waals surface area contributed by atoms with Crippen LogP contribution in [0.5, 0.6) is 0 Å². The maximum atomic E-state index is 11.4. The molecule has 0 unspecified atom stereocenters. The van der Waals surface area contributed by atoms with Crippen molar-refractivity contribution in [2.24, 2.45) is 11.0 Å². The Morgan fingerprint density at radius 1 is 1.41 bits per heavy atom. The Bertz CT molecular complexity index is 351. The highest BCUT2D eigenvalue weighted by Gasteiger charge is 2.35. The van der Waals surface area contributed by atoms with Gasteiger partial charge < -0.3 is 9.47 Å². The van der Waals surface area contributed by atoms with E-state index < -0.39 is 18.1 Å². The molecule has 0 amide bonds. The zero-order valence-electron chi connectivity index (χ0n) is 9.83. The summed E-state index contributed by atoms with van der Waals surface area (Å²) >= 11 is 0. The summed E-state index contributed by atoms with van der Waals surface area (Å²) in [7, 11) is 1.32. The molecule has 0 aromatic rings. The van der Waals surface area contributed by atoms with Crippen LogP contribution in [-0.2, 0) is 19.1 Å². The van der Waals surface area contributed by atoms with Crippen molar-refractivity contribution in [1.82, 2.24) is 0 Å². The number of carbonyl (C=O) groups is 2. The molecule has 7 nitrogen and oxygen atoms in total. The summed E-state index contributed by atoms with van der Waals surface area (Å²) in [5.41, 5.74) is 8.42. The standard InChI is InChI=1S/C10H15N3O4/c1-6(14)17-9-5-7(10(15)16-2)3-4-8(9)12-13-11/h7-9H,3-5H2,1-2H3/t7-,8-,9-/m1/s1. The molecule has 94 valence electrons. The van der Waals surface area contributed by atoms with E-state index in [0.29, 0.717) is 19.3 Å². The Balaban J connectivity index is 2.72. The largest absolute Gasteiger partial charge is 0.469 e. The van der Waals surface area contributed by atoms with Crippen LogP contribution in [0.3, 0.4) is 0 Å². The van der Waals surface area contributed by atoms with Crippen LogP contribution in [0.15, 0.2) is 5.11 Å². The van der Waals surface area contributed by atoms with E-state index in [9.17, 15) is 9.59 Å². The van der Waals surface area contributed by atoms with Gasteiger partial charge in [0.05, 0.1) is 19.1 Å². The third-order valence-corrected chi connectivity index (χ3v) is 2.81. The van der Waals surface area contributed by atoms with E-state index >= 15 is 0 Å². The fourth-order valence-corrected chi connectivity index (χ4v) is 2.03. The molecule has 1 saturated carbocycles. The first-order chi connectivity index (χ1) is 8.08. The van der Waals surface area contributed by atoms with Gasteiger partial charge in [-0.15, -0.1) is 0 Å². The first-order valence-corrected chi connectivity index (χ1v) is 5.37. The molecule has 0 bridgehead atoms. The van der Waals surface area contributed by atoms with Crippen LogP contribution in [0.25, 0.3) is 10.4 Å². The molecule has 0 radical (unpaired) electrons. The maximum Gasteiger partial charge on any atom is 0.308 e. The van der Waals surface area contributed by atoms with Crippen molar-refractivity contribution < 1.29 is 19.1 Å². The van der Waals surface area contributed by atoms with Gasteiger partial charge in [-0.2, -0.15) is 0 Å². The van der Waals surface area contributed by atoms with Crippen LogP contribution in [0, 0.1) is 5.92 Å². The third-order valence-electron chi connectivity index (χ3n) is 2.81. The van der Waals surface area contributed by atoms with Gasteiger partial charge in [0.25, 0.3) is 0 Å². The minimum absolute atomic E-state index is 0.297. The number of carbonyl (C=O) groups excluding carboxylic acids is 2. The first kappa shape index (κ1) is 13.3. The lowest BCUT2D eigenvalue weighted by Gasteiger charge is -2.31. The molecule has 0 aromatic carbocycles. The molecular weight excluding hydrogens is 226 g/mol. The summed E-state index contributed by atoms with van der Waals surface area (Å²) in [5, 5.41) is 3.59. The van der Waals surface area contributed by atoms with Crippen molar-refractivity contribution in [3.05, 3.63) is 10.4 Å². The van der Waals surface area contributed by atoms with Crippen molar-refractivity contribution >= 4 is 11.9 Å². The van der Waals surface area contributed by atoms with Crippen molar-refractivity contribution in [3.8, 4) is 0 Å². The summed E-state index contributed by atoms with van der Waals surface area (Å²) in [4.78, 5) is 25.1. The summed E-state index contributed by atoms with van der Waals surface area (Å²) < 4.78 is 9.73. The lowest BCUT2D eigenvalue weighted by molar-refractivity contribution is -0.156. The Labute approximate surface area is 98.7 Å². The molecular formula is C10H15N3O4. The average molecular weight is 241 g/mol. The fourth-order valence-electron chi connectivity index (χ4n) is 2.03. The Kier molecular flexibility index (Phi) is 4.78. The molecule has 1 fully saturated rings. The number of ether oxygens (including phenoxy) is 2. The lowest BCUT2D eigenvalue weighted by Crippen LogP contribution is -2.38. The molecule has 0 aromatic heterocycles. The third kappa shape index (κ3) is 3.64. The summed E-state index contributed by atoms with van der Waals surface area (Å²) in [6, 6.07) is -0.398. The van der Waals surface area contributed by atoms with E-state index in [1.165, 1.54) is 14.0 Å². The van der Waals surface area contributed by atoms with E-state index in [4.69, 9.17) is 10.3 Å². The summed E-state index contributed by atoms with van der Waals surface area (Å²) in [6.45, 7) is 1.29. The number of azide groups is 1. The van der Waals surface area contributed by atoms with Gasteiger partial charge >= 0.3 is 11.9 Å². The maximum absolute atomic E-state index is 11.4. The van der Waals surface area contributed by atoms with Crippen LogP contribution < -0.4 is 0 Å². The normalized spacial score (nSPS) is 27.8. The SMILES string of the molecule is COC(=O)[C@@H]1CC[C@@H](N=[N+]=[N-])[C@H](OC(C)=O)C1. The number of methoxy groups -OCH3 is 1. The molecule has 0 heterocycles. The quantitative estimate of drug-likeness (QED) is 0.324. The van der Waals surface area contributed by atoms with Gasteiger partial charge in [0.15, 0.2) is 0 Å². The molecule has 7 heteroatoms. The van der Waals surface area contributed by atoms with Crippen LogP contribution in [0.4, 0.5) is 0 Å². The van der Waals surface area contributed by atoms with Crippen LogP contribution >= 0.6 is 0 Å². The predicted octanol–water partition coefficient (Wildman–Crippen LogP) is 1.57. The molecule has 0 saturated heterocycles. The Morgan fingerprint density at radius 2 is 2.12 bits per heavy atom. The van der Waals surface area contributed by atoms with E-state index in [0.717, 1.165) is 0 Å². The second-order valence-corrected chi connectivity index (χ2v) is 3.95. The predicted molar refractivity (Wildman–Crippen MR) is 57.8 cm³/mol. The lowest BCUT2D eigenvalue weighted by atomic mass is 9.84. The van der Waals surface area contributed by atoms with Crippen LogP contribution in [-0.4, -0.2) is 31.2 Å². The van der Waals surface area contributed by atoms with Crippen molar-refractivity contribution in [2.45, 2.75) is 38.3 Å². The fraction of sp³-hybridized carbons (Fsp3) is 0.800. The molecule has 0 aliphatic heterocycles. The molecule has 17 heavy (non-hydrogen) atoms. The van der Waals surface area contributed by atoms with Gasteiger partial charge in [0, 0.05) is 11.8 Å². The highest BCUT2D eigenvalue weighted by molar-refractivity contribution is 5.72. The zero-order chi connectivity index (χ0) is 12.8. The van der Waals surface area contributed by atoms with Crippen LogP contribution in [0.1, 0.15) is 26.2 Å². The van der Waals surface area contributed by atoms with Gasteiger partial charge in [-0.3, -0.25) is 9.59 Å². The molecule has 1 aliphatic rings. The second kappa shape index (κ2) is 6.10. The molecule has 1 rings (SSSR count). The van der Waals surface area contributed by atoms with Crippen LogP contribution in [0.2, 0.25) is 0 Å². The monoisotopic (exact) mass is 241 g/mol. The van der Waals surface area contributed by atoms with Gasteiger partial charge in [-0.25, -0.2) is 0 Å². The van der Waals surface area contributed by atoms with Gasteiger partial charge in [-0.1, -0.05) is 5.11 Å². The minimum Gasteiger partial charge on any atom is -0.469 e. The second-order valence-electron chi connectivity index (χ2n) is 3.95. The van der Waals surface area contributed by atoms with Crippen molar-refractivity contribution in [2.75, 3.05) is 7.11 Å². The number of esters is 2. The Morgan fingerprint density at radius 3 is 2.65 bits per heavy atom. The summed E-state index contributed by atoms with van der Waals surface area (Å²) in [6.07, 6.45) is 0.896. The summed E-state index contributed by atoms with van der Waals surface area (Å²) in [5.74, 6) is -1.06.